The molecule has 1 aromatic carbocycles. The van der Waals surface area contributed by atoms with Crippen molar-refractivity contribution in [3.05, 3.63) is 42.0 Å². The van der Waals surface area contributed by atoms with Crippen molar-refractivity contribution in [2.75, 3.05) is 6.61 Å². The molecule has 0 heterocycles. The third-order valence-corrected chi connectivity index (χ3v) is 1.94. The summed E-state index contributed by atoms with van der Waals surface area (Å²) in [7, 11) is 0. The maximum atomic E-state index is 11.4. The molecule has 18 heavy (non-hydrogen) atoms. The van der Waals surface area contributed by atoms with E-state index in [0.717, 1.165) is 0 Å². The van der Waals surface area contributed by atoms with Crippen LogP contribution in [0.3, 0.4) is 0 Å². The first-order valence-electron chi connectivity index (χ1n) is 5.12. The summed E-state index contributed by atoms with van der Waals surface area (Å²) in [5, 5.41) is 0. The highest BCUT2D eigenvalue weighted by atomic mass is 16.6. The van der Waals surface area contributed by atoms with Crippen molar-refractivity contribution in [2.45, 2.75) is 6.92 Å². The molecule has 0 spiro atoms. The summed E-state index contributed by atoms with van der Waals surface area (Å²) in [6, 6.07) is 6.25. The number of ether oxygens (including phenoxy) is 2. The van der Waals surface area contributed by atoms with Gasteiger partial charge in [-0.3, -0.25) is 4.79 Å². The molecule has 0 bridgehead atoms. The smallest absolute Gasteiger partial charge is 0.349 e. The van der Waals surface area contributed by atoms with Gasteiger partial charge in [0.05, 0.1) is 5.56 Å². The van der Waals surface area contributed by atoms with Gasteiger partial charge in [-0.25, -0.2) is 9.59 Å². The number of hydrogen-bond acceptors (Lipinski definition) is 5. The van der Waals surface area contributed by atoms with Gasteiger partial charge in [0, 0.05) is 5.57 Å². The lowest BCUT2D eigenvalue weighted by molar-refractivity contribution is -0.150. The van der Waals surface area contributed by atoms with E-state index in [4.69, 9.17) is 4.74 Å². The van der Waals surface area contributed by atoms with Crippen molar-refractivity contribution in [3.8, 4) is 5.75 Å². The van der Waals surface area contributed by atoms with Gasteiger partial charge in [0.15, 0.2) is 12.9 Å². The van der Waals surface area contributed by atoms with Gasteiger partial charge < -0.3 is 9.47 Å². The van der Waals surface area contributed by atoms with E-state index < -0.39 is 18.5 Å². The summed E-state index contributed by atoms with van der Waals surface area (Å²) < 4.78 is 9.50. The fourth-order valence-electron chi connectivity index (χ4n) is 1.07. The average Bonchev–Trinajstić information content (AvgIpc) is 2.36. The van der Waals surface area contributed by atoms with Crippen LogP contribution in [0.15, 0.2) is 36.4 Å². The Kier molecular flexibility index (Phi) is 4.80. The quantitative estimate of drug-likeness (QED) is 0.342. The van der Waals surface area contributed by atoms with Crippen LogP contribution in [0, 0.1) is 0 Å². The summed E-state index contributed by atoms with van der Waals surface area (Å²) >= 11 is 0. The molecule has 5 heteroatoms. The topological polar surface area (TPSA) is 69.7 Å². The molecule has 0 saturated heterocycles. The largest absolute Gasteiger partial charge is 0.450 e. The zero-order valence-electron chi connectivity index (χ0n) is 9.84. The van der Waals surface area contributed by atoms with E-state index in [2.05, 4.69) is 11.3 Å². The predicted octanol–water partition coefficient (Wildman–Crippen LogP) is 1.52. The lowest BCUT2D eigenvalue weighted by Crippen LogP contribution is -2.19. The summed E-state index contributed by atoms with van der Waals surface area (Å²) in [5.74, 6) is -1.31. The lowest BCUT2D eigenvalue weighted by atomic mass is 10.2. The second kappa shape index (κ2) is 6.34. The maximum absolute atomic E-state index is 11.4. The van der Waals surface area contributed by atoms with Crippen molar-refractivity contribution >= 4 is 18.2 Å². The molecular weight excluding hydrogens is 236 g/mol. The Morgan fingerprint density at radius 2 is 2.00 bits per heavy atom. The molecule has 5 nitrogen and oxygen atoms in total. The Labute approximate surface area is 104 Å². The fraction of sp³-hybridized carbons (Fsp3) is 0.154. The molecule has 0 aliphatic heterocycles. The molecule has 1 rings (SSSR count). The lowest BCUT2D eigenvalue weighted by Gasteiger charge is -2.06. The van der Waals surface area contributed by atoms with Gasteiger partial charge in [0.25, 0.3) is 0 Å². The van der Waals surface area contributed by atoms with Gasteiger partial charge in [-0.2, -0.15) is 0 Å². The van der Waals surface area contributed by atoms with Crippen molar-refractivity contribution < 1.29 is 23.9 Å². The molecule has 94 valence electrons. The molecule has 0 aromatic heterocycles. The summed E-state index contributed by atoms with van der Waals surface area (Å²) in [5.41, 5.74) is 0.438. The molecule has 0 aliphatic rings. The van der Waals surface area contributed by atoms with Gasteiger partial charge in [-0.05, 0) is 19.1 Å². The molecule has 0 atom stereocenters. The molecular formula is C13H12O5. The molecule has 0 fully saturated rings. The highest BCUT2D eigenvalue weighted by Crippen LogP contribution is 2.15. The number of benzene rings is 1. The van der Waals surface area contributed by atoms with E-state index in [9.17, 15) is 14.4 Å². The van der Waals surface area contributed by atoms with Crippen LogP contribution in [-0.2, 0) is 14.3 Å². The first kappa shape index (κ1) is 13.6. The van der Waals surface area contributed by atoms with Crippen LogP contribution in [0.25, 0.3) is 0 Å². The van der Waals surface area contributed by atoms with Crippen molar-refractivity contribution in [1.82, 2.24) is 0 Å². The summed E-state index contributed by atoms with van der Waals surface area (Å²) in [6.45, 7) is 4.31. The van der Waals surface area contributed by atoms with E-state index in [1.807, 2.05) is 0 Å². The Morgan fingerprint density at radius 3 is 2.61 bits per heavy atom. The van der Waals surface area contributed by atoms with Crippen LogP contribution < -0.4 is 4.74 Å². The minimum absolute atomic E-state index is 0.129. The maximum Gasteiger partial charge on any atom is 0.349 e. The van der Waals surface area contributed by atoms with Crippen molar-refractivity contribution in [1.29, 1.82) is 0 Å². The van der Waals surface area contributed by atoms with E-state index in [0.29, 0.717) is 6.29 Å². The summed E-state index contributed by atoms with van der Waals surface area (Å²) in [4.78, 5) is 33.1. The van der Waals surface area contributed by atoms with E-state index in [1.54, 1.807) is 12.1 Å². The number of carbonyl (C=O) groups is 3. The SMILES string of the molecule is C=C(C)C(=O)OCC(=O)Oc1ccccc1C=O. The third kappa shape index (κ3) is 3.86. The fourth-order valence-corrected chi connectivity index (χ4v) is 1.07. The second-order valence-electron chi connectivity index (χ2n) is 3.49. The molecule has 0 unspecified atom stereocenters. The standard InChI is InChI=1S/C13H12O5/c1-9(2)13(16)17-8-12(15)18-11-6-4-3-5-10(11)7-14/h3-7H,1,8H2,2H3. The van der Waals surface area contributed by atoms with Crippen LogP contribution >= 0.6 is 0 Å². The number of carbonyl (C=O) groups excluding carboxylic acids is 3. The van der Waals surface area contributed by atoms with E-state index in [-0.39, 0.29) is 16.9 Å². The Bertz CT molecular complexity index is 490. The van der Waals surface area contributed by atoms with Gasteiger partial charge in [0.1, 0.15) is 5.75 Å². The van der Waals surface area contributed by atoms with Crippen LogP contribution in [0.2, 0.25) is 0 Å². The highest BCUT2D eigenvalue weighted by Gasteiger charge is 2.11. The normalized spacial score (nSPS) is 9.39. The zero-order chi connectivity index (χ0) is 13.5. The zero-order valence-corrected chi connectivity index (χ0v) is 9.84. The molecule has 0 aliphatic carbocycles. The number of esters is 2. The molecule has 0 radical (unpaired) electrons. The van der Waals surface area contributed by atoms with E-state index >= 15 is 0 Å². The minimum Gasteiger partial charge on any atom is -0.450 e. The number of aldehydes is 1. The Balaban J connectivity index is 2.57. The molecule has 0 amide bonds. The van der Waals surface area contributed by atoms with E-state index in [1.165, 1.54) is 19.1 Å². The molecule has 1 aromatic rings. The molecule has 0 N–H and O–H groups in total. The second-order valence-corrected chi connectivity index (χ2v) is 3.49. The first-order chi connectivity index (χ1) is 8.54. The average molecular weight is 248 g/mol. The van der Waals surface area contributed by atoms with Gasteiger partial charge in [-0.1, -0.05) is 18.7 Å². The predicted molar refractivity (Wildman–Crippen MR) is 63.2 cm³/mol. The van der Waals surface area contributed by atoms with Crippen LogP contribution in [0.1, 0.15) is 17.3 Å². The van der Waals surface area contributed by atoms with Gasteiger partial charge in [-0.15, -0.1) is 0 Å². The van der Waals surface area contributed by atoms with Crippen LogP contribution in [0.4, 0.5) is 0 Å². The highest BCUT2D eigenvalue weighted by molar-refractivity contribution is 5.89. The number of para-hydroxylation sites is 1. The number of hydrogen-bond donors (Lipinski definition) is 0. The summed E-state index contributed by atoms with van der Waals surface area (Å²) in [6.07, 6.45) is 0.572. The van der Waals surface area contributed by atoms with Crippen LogP contribution in [0.5, 0.6) is 5.75 Å². The van der Waals surface area contributed by atoms with Crippen molar-refractivity contribution in [3.63, 3.8) is 0 Å². The van der Waals surface area contributed by atoms with Gasteiger partial charge in [0.2, 0.25) is 0 Å². The third-order valence-electron chi connectivity index (χ3n) is 1.94. The van der Waals surface area contributed by atoms with Gasteiger partial charge >= 0.3 is 11.9 Å². The Morgan fingerprint density at radius 1 is 1.33 bits per heavy atom. The van der Waals surface area contributed by atoms with Crippen LogP contribution in [-0.4, -0.2) is 24.8 Å². The minimum atomic E-state index is -0.765. The monoisotopic (exact) mass is 248 g/mol. The first-order valence-corrected chi connectivity index (χ1v) is 5.12. The number of rotatable bonds is 5. The Hall–Kier alpha value is -2.43. The molecule has 0 saturated carbocycles. The van der Waals surface area contributed by atoms with Crippen molar-refractivity contribution in [2.24, 2.45) is 0 Å².